The van der Waals surface area contributed by atoms with Crippen molar-refractivity contribution in [1.82, 2.24) is 10.3 Å². The molecule has 0 atom stereocenters. The van der Waals surface area contributed by atoms with Crippen LogP contribution in [-0.2, 0) is 6.54 Å². The Labute approximate surface area is 111 Å². The Morgan fingerprint density at radius 2 is 1.71 bits per heavy atom. The molecule has 2 nitrogen and oxygen atoms in total. The van der Waals surface area contributed by atoms with Crippen LogP contribution in [0.1, 0.15) is 5.56 Å². The highest BCUT2D eigenvalue weighted by molar-refractivity contribution is 6.35. The third-order valence-electron chi connectivity index (χ3n) is 2.37. The summed E-state index contributed by atoms with van der Waals surface area (Å²) in [6.07, 6.45) is 3.65. The Balaban J connectivity index is 2.41. The van der Waals surface area contributed by atoms with Crippen LogP contribution in [-0.4, -0.2) is 12.0 Å². The van der Waals surface area contributed by atoms with E-state index in [1.807, 2.05) is 25.4 Å². The SMILES string of the molecule is CNCc1cncc(-c2cc(Cl)cc(Cl)c2)c1. The molecule has 1 N–H and O–H groups in total. The minimum absolute atomic E-state index is 0.631. The minimum Gasteiger partial charge on any atom is -0.316 e. The molecule has 1 heterocycles. The summed E-state index contributed by atoms with van der Waals surface area (Å²) in [5.41, 5.74) is 3.12. The first kappa shape index (κ1) is 12.4. The van der Waals surface area contributed by atoms with Crippen LogP contribution in [0.5, 0.6) is 0 Å². The van der Waals surface area contributed by atoms with E-state index >= 15 is 0 Å². The van der Waals surface area contributed by atoms with E-state index < -0.39 is 0 Å². The van der Waals surface area contributed by atoms with Gasteiger partial charge in [-0.3, -0.25) is 4.98 Å². The molecule has 1 aromatic carbocycles. The van der Waals surface area contributed by atoms with Crippen molar-refractivity contribution in [3.63, 3.8) is 0 Å². The Morgan fingerprint density at radius 1 is 1.00 bits per heavy atom. The van der Waals surface area contributed by atoms with E-state index in [1.165, 1.54) is 0 Å². The molecule has 88 valence electrons. The van der Waals surface area contributed by atoms with Gasteiger partial charge in [0.25, 0.3) is 0 Å². The first-order valence-corrected chi connectivity index (χ1v) is 5.99. The summed E-state index contributed by atoms with van der Waals surface area (Å²) in [5, 5.41) is 4.36. The second kappa shape index (κ2) is 5.50. The van der Waals surface area contributed by atoms with Crippen LogP contribution in [0.4, 0.5) is 0 Å². The molecule has 17 heavy (non-hydrogen) atoms. The maximum atomic E-state index is 5.98. The zero-order valence-corrected chi connectivity index (χ0v) is 10.9. The molecule has 0 saturated heterocycles. The van der Waals surface area contributed by atoms with Crippen LogP contribution in [0, 0.1) is 0 Å². The fourth-order valence-corrected chi connectivity index (χ4v) is 2.19. The zero-order valence-electron chi connectivity index (χ0n) is 9.37. The van der Waals surface area contributed by atoms with Crippen LogP contribution in [0.2, 0.25) is 10.0 Å². The maximum absolute atomic E-state index is 5.98. The van der Waals surface area contributed by atoms with Gasteiger partial charge in [0, 0.05) is 34.5 Å². The molecule has 0 saturated carbocycles. The van der Waals surface area contributed by atoms with Crippen molar-refractivity contribution in [3.05, 3.63) is 52.3 Å². The van der Waals surface area contributed by atoms with E-state index in [0.717, 1.165) is 23.2 Å². The lowest BCUT2D eigenvalue weighted by Gasteiger charge is -2.05. The maximum Gasteiger partial charge on any atom is 0.0426 e. The fourth-order valence-electron chi connectivity index (χ4n) is 1.67. The van der Waals surface area contributed by atoms with Crippen LogP contribution in [0.25, 0.3) is 11.1 Å². The Bertz CT molecular complexity index is 506. The normalized spacial score (nSPS) is 10.5. The lowest BCUT2D eigenvalue weighted by Crippen LogP contribution is -2.05. The number of nitrogens with one attached hydrogen (secondary N) is 1. The van der Waals surface area contributed by atoms with E-state index in [2.05, 4.69) is 16.4 Å². The number of nitrogens with zero attached hydrogens (tertiary/aromatic N) is 1. The highest BCUT2D eigenvalue weighted by Crippen LogP contribution is 2.27. The largest absolute Gasteiger partial charge is 0.316 e. The molecular formula is C13H12Cl2N2. The summed E-state index contributed by atoms with van der Waals surface area (Å²) in [6, 6.07) is 7.56. The second-order valence-electron chi connectivity index (χ2n) is 3.77. The number of pyridine rings is 1. The summed E-state index contributed by atoms with van der Waals surface area (Å²) >= 11 is 12.0. The predicted octanol–water partition coefficient (Wildman–Crippen LogP) is 3.77. The lowest BCUT2D eigenvalue weighted by molar-refractivity contribution is 0.813. The molecule has 0 bridgehead atoms. The van der Waals surface area contributed by atoms with E-state index in [-0.39, 0.29) is 0 Å². The third kappa shape index (κ3) is 3.19. The van der Waals surface area contributed by atoms with Crippen LogP contribution in [0.3, 0.4) is 0 Å². The molecule has 0 amide bonds. The van der Waals surface area contributed by atoms with Gasteiger partial charge < -0.3 is 5.32 Å². The Kier molecular flexibility index (Phi) is 4.00. The van der Waals surface area contributed by atoms with Gasteiger partial charge in [-0.15, -0.1) is 0 Å². The molecular weight excluding hydrogens is 255 g/mol. The standard InChI is InChI=1S/C13H12Cl2N2/c1-16-6-9-2-11(8-17-7-9)10-3-12(14)5-13(15)4-10/h2-5,7-8,16H,6H2,1H3. The second-order valence-corrected chi connectivity index (χ2v) is 4.64. The van der Waals surface area contributed by atoms with Gasteiger partial charge in [0.05, 0.1) is 0 Å². The van der Waals surface area contributed by atoms with Crippen molar-refractivity contribution in [2.75, 3.05) is 7.05 Å². The fraction of sp³-hybridized carbons (Fsp3) is 0.154. The summed E-state index contributed by atoms with van der Waals surface area (Å²) in [5.74, 6) is 0. The van der Waals surface area contributed by atoms with Crippen LogP contribution >= 0.6 is 23.2 Å². The quantitative estimate of drug-likeness (QED) is 0.915. The van der Waals surface area contributed by atoms with Gasteiger partial charge in [0.2, 0.25) is 0 Å². The predicted molar refractivity (Wildman–Crippen MR) is 72.5 cm³/mol. The van der Waals surface area contributed by atoms with Gasteiger partial charge in [0.1, 0.15) is 0 Å². The summed E-state index contributed by atoms with van der Waals surface area (Å²) in [7, 11) is 1.91. The van der Waals surface area contributed by atoms with Crippen molar-refractivity contribution in [1.29, 1.82) is 0 Å². The summed E-state index contributed by atoms with van der Waals surface area (Å²) < 4.78 is 0. The van der Waals surface area contributed by atoms with E-state index in [4.69, 9.17) is 23.2 Å². The molecule has 0 radical (unpaired) electrons. The molecule has 0 unspecified atom stereocenters. The lowest BCUT2D eigenvalue weighted by atomic mass is 10.1. The van der Waals surface area contributed by atoms with Gasteiger partial charge in [-0.2, -0.15) is 0 Å². The molecule has 0 aliphatic heterocycles. The van der Waals surface area contributed by atoms with Crippen molar-refractivity contribution in [3.8, 4) is 11.1 Å². The number of benzene rings is 1. The zero-order chi connectivity index (χ0) is 12.3. The van der Waals surface area contributed by atoms with Gasteiger partial charge >= 0.3 is 0 Å². The van der Waals surface area contributed by atoms with Gasteiger partial charge in [-0.1, -0.05) is 23.2 Å². The molecule has 1 aromatic heterocycles. The first-order chi connectivity index (χ1) is 8.19. The Morgan fingerprint density at radius 3 is 2.35 bits per heavy atom. The smallest absolute Gasteiger partial charge is 0.0426 e. The molecule has 0 fully saturated rings. The van der Waals surface area contributed by atoms with Gasteiger partial charge in [-0.25, -0.2) is 0 Å². The number of aromatic nitrogens is 1. The highest BCUT2D eigenvalue weighted by Gasteiger charge is 2.03. The van der Waals surface area contributed by atoms with Crippen LogP contribution in [0.15, 0.2) is 36.7 Å². The van der Waals surface area contributed by atoms with E-state index in [0.29, 0.717) is 10.0 Å². The molecule has 4 heteroatoms. The minimum atomic E-state index is 0.631. The number of halogens is 2. The Hall–Kier alpha value is -1.09. The van der Waals surface area contributed by atoms with Crippen molar-refractivity contribution >= 4 is 23.2 Å². The van der Waals surface area contributed by atoms with Gasteiger partial charge in [0.15, 0.2) is 0 Å². The molecule has 0 aliphatic rings. The third-order valence-corrected chi connectivity index (χ3v) is 2.81. The van der Waals surface area contributed by atoms with E-state index in [9.17, 15) is 0 Å². The average Bonchev–Trinajstić information content (AvgIpc) is 2.28. The topological polar surface area (TPSA) is 24.9 Å². The molecule has 2 rings (SSSR count). The highest BCUT2D eigenvalue weighted by atomic mass is 35.5. The van der Waals surface area contributed by atoms with Crippen molar-refractivity contribution < 1.29 is 0 Å². The molecule has 0 spiro atoms. The monoisotopic (exact) mass is 266 g/mol. The first-order valence-electron chi connectivity index (χ1n) is 5.24. The van der Waals surface area contributed by atoms with Gasteiger partial charge in [-0.05, 0) is 42.4 Å². The van der Waals surface area contributed by atoms with E-state index in [1.54, 1.807) is 12.3 Å². The molecule has 2 aromatic rings. The van der Waals surface area contributed by atoms with Crippen molar-refractivity contribution in [2.24, 2.45) is 0 Å². The number of hydrogen-bond acceptors (Lipinski definition) is 2. The number of rotatable bonds is 3. The average molecular weight is 267 g/mol. The molecule has 0 aliphatic carbocycles. The summed E-state index contributed by atoms with van der Waals surface area (Å²) in [4.78, 5) is 4.21. The number of hydrogen-bond donors (Lipinski definition) is 1. The van der Waals surface area contributed by atoms with Crippen molar-refractivity contribution in [2.45, 2.75) is 6.54 Å². The van der Waals surface area contributed by atoms with Crippen LogP contribution < -0.4 is 5.32 Å². The summed E-state index contributed by atoms with van der Waals surface area (Å²) in [6.45, 7) is 0.787.